The smallest absolute Gasteiger partial charge is 0.0746 e. The van der Waals surface area contributed by atoms with E-state index in [4.69, 9.17) is 0 Å². The molecule has 1 aliphatic rings. The quantitative estimate of drug-likeness (QED) is 0.896. The molecule has 3 nitrogen and oxygen atoms in total. The summed E-state index contributed by atoms with van der Waals surface area (Å²) in [6.07, 6.45) is 2.59. The average molecular weight is 256 g/mol. The summed E-state index contributed by atoms with van der Waals surface area (Å²) >= 11 is 0. The van der Waals surface area contributed by atoms with Crippen LogP contribution in [0.4, 0.5) is 0 Å². The van der Waals surface area contributed by atoms with Gasteiger partial charge in [0.1, 0.15) is 0 Å². The molecule has 1 N–H and O–H groups in total. The summed E-state index contributed by atoms with van der Waals surface area (Å²) in [7, 11) is 0. The van der Waals surface area contributed by atoms with Crippen LogP contribution in [-0.2, 0) is 6.54 Å². The molecule has 19 heavy (non-hydrogen) atoms. The number of hydrogen-bond donors (Lipinski definition) is 1. The summed E-state index contributed by atoms with van der Waals surface area (Å²) < 4.78 is 0. The van der Waals surface area contributed by atoms with Crippen LogP contribution in [0.5, 0.6) is 0 Å². The van der Waals surface area contributed by atoms with Crippen molar-refractivity contribution in [1.82, 2.24) is 9.88 Å². The number of hydrogen-bond acceptors (Lipinski definition) is 3. The van der Waals surface area contributed by atoms with E-state index in [0.29, 0.717) is 5.92 Å². The Bertz CT molecular complexity index is 564. The summed E-state index contributed by atoms with van der Waals surface area (Å²) in [6, 6.07) is 10.4. The van der Waals surface area contributed by atoms with E-state index in [0.717, 1.165) is 31.6 Å². The Morgan fingerprint density at radius 3 is 3.00 bits per heavy atom. The Kier molecular flexibility index (Phi) is 3.49. The van der Waals surface area contributed by atoms with Gasteiger partial charge in [0.05, 0.1) is 11.6 Å². The minimum absolute atomic E-state index is 0.137. The Morgan fingerprint density at radius 1 is 1.32 bits per heavy atom. The van der Waals surface area contributed by atoms with Crippen molar-refractivity contribution in [2.75, 3.05) is 13.1 Å². The maximum absolute atomic E-state index is 9.79. The number of aromatic nitrogens is 1. The number of likely N-dealkylation sites (tertiary alicyclic amines) is 1. The lowest BCUT2D eigenvalue weighted by molar-refractivity contribution is 0.0321. The Labute approximate surface area is 113 Å². The van der Waals surface area contributed by atoms with E-state index in [9.17, 15) is 5.11 Å². The molecular weight excluding hydrogens is 236 g/mol. The molecule has 3 heteroatoms. The highest BCUT2D eigenvalue weighted by Crippen LogP contribution is 2.22. The van der Waals surface area contributed by atoms with Gasteiger partial charge in [-0.15, -0.1) is 0 Å². The van der Waals surface area contributed by atoms with Gasteiger partial charge in [0, 0.05) is 31.2 Å². The Morgan fingerprint density at radius 2 is 2.16 bits per heavy atom. The van der Waals surface area contributed by atoms with Crippen molar-refractivity contribution in [1.29, 1.82) is 0 Å². The number of benzene rings is 1. The highest BCUT2D eigenvalue weighted by Gasteiger charge is 2.24. The molecule has 1 aromatic carbocycles. The van der Waals surface area contributed by atoms with Gasteiger partial charge in [-0.3, -0.25) is 9.88 Å². The Balaban J connectivity index is 1.82. The molecule has 1 aromatic heterocycles. The van der Waals surface area contributed by atoms with Crippen molar-refractivity contribution in [2.24, 2.45) is 5.92 Å². The molecule has 1 aliphatic heterocycles. The van der Waals surface area contributed by atoms with Gasteiger partial charge in [0.25, 0.3) is 0 Å². The van der Waals surface area contributed by atoms with E-state index < -0.39 is 0 Å². The number of para-hydroxylation sites is 1. The van der Waals surface area contributed by atoms with E-state index in [1.807, 2.05) is 12.3 Å². The first-order valence-corrected chi connectivity index (χ1v) is 6.97. The molecule has 2 aromatic rings. The standard InChI is InChI=1S/C16H20N2O/c1-12-10-18(9-7-15(12)19)11-14-5-2-4-13-6-3-8-17-16(13)14/h2-6,8,12,15,19H,7,9-11H2,1H3. The van der Waals surface area contributed by atoms with Crippen LogP contribution in [-0.4, -0.2) is 34.2 Å². The number of fused-ring (bicyclic) bond motifs is 1. The molecule has 2 heterocycles. The van der Waals surface area contributed by atoms with Crippen LogP contribution >= 0.6 is 0 Å². The monoisotopic (exact) mass is 256 g/mol. The second-order valence-electron chi connectivity index (χ2n) is 5.56. The zero-order valence-electron chi connectivity index (χ0n) is 11.3. The van der Waals surface area contributed by atoms with Crippen LogP contribution in [0.25, 0.3) is 10.9 Å². The molecule has 2 atom stereocenters. The van der Waals surface area contributed by atoms with E-state index in [-0.39, 0.29) is 6.10 Å². The van der Waals surface area contributed by atoms with E-state index in [1.54, 1.807) is 0 Å². The van der Waals surface area contributed by atoms with Crippen molar-refractivity contribution in [2.45, 2.75) is 26.0 Å². The van der Waals surface area contributed by atoms with E-state index in [2.05, 4.69) is 41.1 Å². The molecule has 100 valence electrons. The number of aliphatic hydroxyl groups excluding tert-OH is 1. The molecule has 0 saturated carbocycles. The van der Waals surface area contributed by atoms with Crippen LogP contribution in [0.3, 0.4) is 0 Å². The summed E-state index contributed by atoms with van der Waals surface area (Å²) in [5, 5.41) is 11.0. The van der Waals surface area contributed by atoms with Crippen LogP contribution in [0.15, 0.2) is 36.5 Å². The van der Waals surface area contributed by atoms with Crippen molar-refractivity contribution in [3.63, 3.8) is 0 Å². The van der Waals surface area contributed by atoms with Gasteiger partial charge in [-0.05, 0) is 24.0 Å². The van der Waals surface area contributed by atoms with Crippen molar-refractivity contribution in [3.05, 3.63) is 42.1 Å². The third-order valence-electron chi connectivity index (χ3n) is 4.05. The van der Waals surface area contributed by atoms with Crippen LogP contribution < -0.4 is 0 Å². The largest absolute Gasteiger partial charge is 0.393 e. The molecule has 1 saturated heterocycles. The first kappa shape index (κ1) is 12.6. The highest BCUT2D eigenvalue weighted by molar-refractivity contribution is 5.81. The van der Waals surface area contributed by atoms with Crippen LogP contribution in [0.2, 0.25) is 0 Å². The fourth-order valence-electron chi connectivity index (χ4n) is 2.90. The van der Waals surface area contributed by atoms with Crippen molar-refractivity contribution >= 4 is 10.9 Å². The predicted octanol–water partition coefficient (Wildman–Crippen LogP) is 2.44. The third kappa shape index (κ3) is 2.62. The molecule has 3 rings (SSSR count). The third-order valence-corrected chi connectivity index (χ3v) is 4.05. The maximum atomic E-state index is 9.79. The van der Waals surface area contributed by atoms with Gasteiger partial charge in [0.2, 0.25) is 0 Å². The molecule has 0 amide bonds. The second kappa shape index (κ2) is 5.27. The Hall–Kier alpha value is -1.45. The van der Waals surface area contributed by atoms with Gasteiger partial charge >= 0.3 is 0 Å². The molecule has 0 spiro atoms. The SMILES string of the molecule is CC1CN(Cc2cccc3cccnc23)CCC1O. The van der Waals surface area contributed by atoms with Crippen LogP contribution in [0.1, 0.15) is 18.9 Å². The zero-order chi connectivity index (χ0) is 13.2. The molecule has 0 bridgehead atoms. The number of piperidine rings is 1. The zero-order valence-corrected chi connectivity index (χ0v) is 11.3. The minimum atomic E-state index is -0.137. The number of rotatable bonds is 2. The normalized spacial score (nSPS) is 24.7. The lowest BCUT2D eigenvalue weighted by Gasteiger charge is -2.34. The van der Waals surface area contributed by atoms with Gasteiger partial charge in [-0.2, -0.15) is 0 Å². The molecule has 0 radical (unpaired) electrons. The first-order valence-electron chi connectivity index (χ1n) is 6.97. The van der Waals surface area contributed by atoms with Gasteiger partial charge in [-0.1, -0.05) is 31.2 Å². The molecule has 2 unspecified atom stereocenters. The summed E-state index contributed by atoms with van der Waals surface area (Å²) in [6.45, 7) is 4.97. The van der Waals surface area contributed by atoms with Crippen LogP contribution in [0, 0.1) is 5.92 Å². The predicted molar refractivity (Wildman–Crippen MR) is 76.8 cm³/mol. The minimum Gasteiger partial charge on any atom is -0.393 e. The molecule has 1 fully saturated rings. The van der Waals surface area contributed by atoms with Gasteiger partial charge in [-0.25, -0.2) is 0 Å². The lowest BCUT2D eigenvalue weighted by Crippen LogP contribution is -2.41. The number of aliphatic hydroxyl groups is 1. The van der Waals surface area contributed by atoms with Crippen molar-refractivity contribution in [3.8, 4) is 0 Å². The fourth-order valence-corrected chi connectivity index (χ4v) is 2.90. The number of pyridine rings is 1. The molecule has 0 aliphatic carbocycles. The first-order chi connectivity index (χ1) is 9.24. The average Bonchev–Trinajstić information content (AvgIpc) is 2.43. The highest BCUT2D eigenvalue weighted by atomic mass is 16.3. The van der Waals surface area contributed by atoms with E-state index >= 15 is 0 Å². The maximum Gasteiger partial charge on any atom is 0.0746 e. The summed E-state index contributed by atoms with van der Waals surface area (Å²) in [5.41, 5.74) is 2.38. The second-order valence-corrected chi connectivity index (χ2v) is 5.56. The summed E-state index contributed by atoms with van der Waals surface area (Å²) in [4.78, 5) is 6.92. The molecular formula is C16H20N2O. The van der Waals surface area contributed by atoms with Gasteiger partial charge < -0.3 is 5.11 Å². The van der Waals surface area contributed by atoms with E-state index in [1.165, 1.54) is 10.9 Å². The topological polar surface area (TPSA) is 36.4 Å². The fraction of sp³-hybridized carbons (Fsp3) is 0.438. The van der Waals surface area contributed by atoms with Gasteiger partial charge in [0.15, 0.2) is 0 Å². The lowest BCUT2D eigenvalue weighted by atomic mass is 9.96. The van der Waals surface area contributed by atoms with Crippen molar-refractivity contribution < 1.29 is 5.11 Å². The summed E-state index contributed by atoms with van der Waals surface area (Å²) in [5.74, 6) is 0.358. The number of nitrogens with zero attached hydrogens (tertiary/aromatic N) is 2.